The number of likely N-dealkylation sites (tertiary alicyclic amines) is 1. The molecule has 1 fully saturated rings. The Bertz CT molecular complexity index is 3120. The fourth-order valence-electron chi connectivity index (χ4n) is 11.1. The first-order valence-electron chi connectivity index (χ1n) is 33.3. The summed E-state index contributed by atoms with van der Waals surface area (Å²) in [5.41, 5.74) is 16.9. The predicted molar refractivity (Wildman–Crippen MR) is 404 cm³/mol. The monoisotopic (exact) mass is 1480 g/mol. The van der Waals surface area contributed by atoms with E-state index in [1.54, 1.807) is 0 Å². The third kappa shape index (κ3) is 42.4. The summed E-state index contributed by atoms with van der Waals surface area (Å²) in [6.07, 6.45) is 16.6. The van der Waals surface area contributed by atoms with Crippen LogP contribution in [0.5, 0.6) is 0 Å². The van der Waals surface area contributed by atoms with E-state index in [9.17, 15) is 0 Å². The van der Waals surface area contributed by atoms with Crippen LogP contribution in [0.1, 0.15) is 112 Å². The maximum Gasteiger partial charge on any atom is 0.104 e. The van der Waals surface area contributed by atoms with Crippen LogP contribution < -0.4 is 79.0 Å². The number of halogens is 6. The standard InChI is InChI=1S/C18H22N.C15H22N.C15H24N.C13H20N.2C12H18N.BrH.5ClH/c1-4-16-10-12-18(13-11-16)15-19(2,3)14-17-8-6-5-7-9-17;1-3-14-7-9-15(10-8-14)13-16(2)11-5-4-6-12-16;1-5-14-9-11-15(12-10-14)13-16(6-2,7-3)8-4;1-5-12-6-8-13(9-7-12)10-11-14(2,3)4;2*1-5-11-6-8-12(9-7-11)10-13(2,3)4;;;;;;/h4-13H,1,14-15H2,2-3H3;3,7-10H,1,4-6,11-13H2,2H3;5,9-12H,1,6-8,13H2,2-4H3;5-9H,1,10-11H2,2-4H3;2*5-9H,1,10H2,2-4H3;6*1H/q6*+1;;;;;;/p-6. The molecule has 6 nitrogen and oxygen atoms in total. The summed E-state index contributed by atoms with van der Waals surface area (Å²) in [6.45, 7) is 43.4. The van der Waals surface area contributed by atoms with E-state index in [4.69, 9.17) is 0 Å². The molecule has 1 aliphatic heterocycles. The molecule has 7 aromatic rings. The summed E-state index contributed by atoms with van der Waals surface area (Å²) in [5.74, 6) is 0. The minimum atomic E-state index is 0. The van der Waals surface area contributed by atoms with E-state index >= 15 is 0 Å². The minimum absolute atomic E-state index is 0. The van der Waals surface area contributed by atoms with E-state index in [0.29, 0.717) is 0 Å². The average molecular weight is 1490 g/mol. The lowest BCUT2D eigenvalue weighted by Crippen LogP contribution is -3.00. The normalized spacial score (nSPS) is 11.9. The van der Waals surface area contributed by atoms with Gasteiger partial charge in [0.2, 0.25) is 0 Å². The lowest BCUT2D eigenvalue weighted by atomic mass is 10.1. The minimum Gasteiger partial charge on any atom is -1.00 e. The molecule has 97 heavy (non-hydrogen) atoms. The van der Waals surface area contributed by atoms with E-state index < -0.39 is 0 Å². The van der Waals surface area contributed by atoms with Crippen LogP contribution in [-0.2, 0) is 45.7 Å². The molecule has 0 atom stereocenters. The lowest BCUT2D eigenvalue weighted by Gasteiger charge is -2.37. The van der Waals surface area contributed by atoms with Gasteiger partial charge in [-0.15, -0.1) is 0 Å². The molecule has 0 spiro atoms. The van der Waals surface area contributed by atoms with Crippen molar-refractivity contribution in [3.63, 3.8) is 0 Å². The van der Waals surface area contributed by atoms with Crippen molar-refractivity contribution in [2.75, 3.05) is 124 Å². The smallest absolute Gasteiger partial charge is 0.104 e. The maximum atomic E-state index is 3.79. The van der Waals surface area contributed by atoms with Gasteiger partial charge in [-0.1, -0.05) is 252 Å². The van der Waals surface area contributed by atoms with Crippen molar-refractivity contribution in [2.24, 2.45) is 0 Å². The van der Waals surface area contributed by atoms with Crippen molar-refractivity contribution in [3.8, 4) is 0 Å². The van der Waals surface area contributed by atoms with Crippen LogP contribution >= 0.6 is 0 Å². The van der Waals surface area contributed by atoms with Crippen LogP contribution in [0, 0.1) is 0 Å². The second-order valence-corrected chi connectivity index (χ2v) is 28.8. The Morgan fingerprint density at radius 1 is 0.320 bits per heavy atom. The quantitative estimate of drug-likeness (QED) is 0.0793. The summed E-state index contributed by atoms with van der Waals surface area (Å²) in [4.78, 5) is 0. The first-order valence-corrected chi connectivity index (χ1v) is 33.3. The molecule has 0 bridgehead atoms. The van der Waals surface area contributed by atoms with E-state index in [1.807, 2.05) is 36.5 Å². The fourth-order valence-corrected chi connectivity index (χ4v) is 11.1. The fraction of sp³-hybridized carbons (Fsp3) is 0.365. The molecule has 0 unspecified atom stereocenters. The molecule has 1 saturated heterocycles. The van der Waals surface area contributed by atoms with Gasteiger partial charge in [0.25, 0.3) is 0 Å². The van der Waals surface area contributed by atoms with Crippen molar-refractivity contribution in [1.82, 2.24) is 0 Å². The summed E-state index contributed by atoms with van der Waals surface area (Å²) in [6, 6.07) is 62.6. The van der Waals surface area contributed by atoms with E-state index in [1.165, 1.54) is 146 Å². The van der Waals surface area contributed by atoms with Crippen molar-refractivity contribution in [2.45, 2.75) is 85.7 Å². The van der Waals surface area contributed by atoms with Crippen molar-refractivity contribution in [3.05, 3.63) is 288 Å². The highest BCUT2D eigenvalue weighted by molar-refractivity contribution is 5.50. The third-order valence-electron chi connectivity index (χ3n) is 16.7. The Labute approximate surface area is 634 Å². The second kappa shape index (κ2) is 50.1. The van der Waals surface area contributed by atoms with Gasteiger partial charge in [-0.25, -0.2) is 0 Å². The van der Waals surface area contributed by atoms with Crippen LogP contribution in [0.25, 0.3) is 36.5 Å². The summed E-state index contributed by atoms with van der Waals surface area (Å²) in [5, 5.41) is 0. The molecule has 0 aromatic heterocycles. The second-order valence-electron chi connectivity index (χ2n) is 28.8. The molecule has 0 radical (unpaired) electrons. The zero-order valence-corrected chi connectivity index (χ0v) is 67.6. The molecule has 0 aliphatic carbocycles. The van der Waals surface area contributed by atoms with Gasteiger partial charge in [-0.05, 0) is 79.0 Å². The Morgan fingerprint density at radius 2 is 0.577 bits per heavy atom. The first-order chi connectivity index (χ1) is 43.0. The van der Waals surface area contributed by atoms with Crippen LogP contribution in [0.2, 0.25) is 0 Å². The van der Waals surface area contributed by atoms with E-state index in [2.05, 4.69) is 321 Å². The number of nitrogens with zero attached hydrogens (tertiary/aromatic N) is 6. The SMILES string of the molecule is C=Cc1ccc(CC[N+](C)(C)C)cc1.C=Cc1ccc(C[N+](C)(C)C)cc1.C=Cc1ccc(C[N+](C)(C)C)cc1.C=Cc1ccc(C[N+](C)(C)Cc2ccccc2)cc1.C=Cc1ccc(C[N+](CC)(CC)CC)cc1.C=Cc1ccc(C[N+]2(C)CCCCC2)cc1.[Br-].[Cl-].[Cl-].[Cl-].[Cl-].[Cl-]. The average Bonchev–Trinajstić information content (AvgIpc) is 0.990. The van der Waals surface area contributed by atoms with E-state index in [-0.39, 0.29) is 79.0 Å². The molecule has 0 amide bonds. The number of benzene rings is 7. The van der Waals surface area contributed by atoms with Crippen LogP contribution in [0.3, 0.4) is 0 Å². The summed E-state index contributed by atoms with van der Waals surface area (Å²) in [7, 11) is 26.8. The Hall–Kier alpha value is -5.33. The number of likely N-dealkylation sites (N-methyl/N-ethyl adjacent to an activating group) is 1. The Kier molecular flexibility index (Phi) is 50.6. The van der Waals surface area contributed by atoms with Crippen molar-refractivity contribution >= 4 is 36.5 Å². The van der Waals surface area contributed by atoms with Gasteiger partial charge >= 0.3 is 0 Å². The van der Waals surface area contributed by atoms with Gasteiger partial charge in [0.05, 0.1) is 124 Å². The molecule has 0 N–H and O–H groups in total. The third-order valence-corrected chi connectivity index (χ3v) is 16.7. The maximum absolute atomic E-state index is 3.79. The topological polar surface area (TPSA) is 0 Å². The van der Waals surface area contributed by atoms with Gasteiger partial charge < -0.3 is 106 Å². The highest BCUT2D eigenvalue weighted by atomic mass is 79.9. The largest absolute Gasteiger partial charge is 1.00 e. The molecule has 1 heterocycles. The molecule has 0 saturated carbocycles. The zero-order chi connectivity index (χ0) is 67.6. The molecule has 536 valence electrons. The van der Waals surface area contributed by atoms with Crippen LogP contribution in [-0.4, -0.2) is 151 Å². The Balaban J connectivity index is -0.000000531. The van der Waals surface area contributed by atoms with Crippen LogP contribution in [0.15, 0.2) is 215 Å². The van der Waals surface area contributed by atoms with Crippen molar-refractivity contribution < 1.29 is 106 Å². The molecule has 1 aliphatic rings. The van der Waals surface area contributed by atoms with Gasteiger partial charge in [0.1, 0.15) is 39.3 Å². The van der Waals surface area contributed by atoms with Gasteiger partial charge in [0.15, 0.2) is 0 Å². The molecular formula is C85H124BrCl5N6. The zero-order valence-electron chi connectivity index (χ0n) is 62.2. The van der Waals surface area contributed by atoms with E-state index in [0.717, 1.165) is 57.1 Å². The molecule has 7 aromatic carbocycles. The first kappa shape index (κ1) is 98.1. The van der Waals surface area contributed by atoms with Crippen LogP contribution in [0.4, 0.5) is 0 Å². The molecular weight excluding hydrogens is 1360 g/mol. The summed E-state index contributed by atoms with van der Waals surface area (Å²) < 4.78 is 6.29. The molecule has 12 heteroatoms. The molecule has 8 rings (SSSR count). The number of quaternary nitrogens is 6. The predicted octanol–water partition coefficient (Wildman–Crippen LogP) is 0.946. The van der Waals surface area contributed by atoms with Gasteiger partial charge in [0, 0.05) is 39.8 Å². The lowest BCUT2D eigenvalue weighted by molar-refractivity contribution is -0.936. The highest BCUT2D eigenvalue weighted by Crippen LogP contribution is 2.22. The summed E-state index contributed by atoms with van der Waals surface area (Å²) >= 11 is 0. The highest BCUT2D eigenvalue weighted by Gasteiger charge is 2.25. The number of hydrogen-bond acceptors (Lipinski definition) is 0. The van der Waals surface area contributed by atoms with Gasteiger partial charge in [-0.3, -0.25) is 0 Å². The number of hydrogen-bond donors (Lipinski definition) is 0. The Morgan fingerprint density at radius 3 is 0.845 bits per heavy atom. The number of piperidine rings is 1. The van der Waals surface area contributed by atoms with Crippen molar-refractivity contribution in [1.29, 1.82) is 0 Å². The van der Waals surface area contributed by atoms with Gasteiger partial charge in [-0.2, -0.15) is 0 Å². The number of rotatable bonds is 24.